The number of hydrogen-bond acceptors (Lipinski definition) is 2. The third-order valence-corrected chi connectivity index (χ3v) is 5.52. The lowest BCUT2D eigenvalue weighted by Gasteiger charge is -2.21. The van der Waals surface area contributed by atoms with Gasteiger partial charge in [-0.05, 0) is 66.6 Å². The predicted molar refractivity (Wildman–Crippen MR) is 105 cm³/mol. The molecule has 130 valence electrons. The van der Waals surface area contributed by atoms with Gasteiger partial charge >= 0.3 is 0 Å². The van der Waals surface area contributed by atoms with Gasteiger partial charge < -0.3 is 10.3 Å². The second-order valence-electron chi connectivity index (χ2n) is 7.42. The van der Waals surface area contributed by atoms with E-state index in [9.17, 15) is 0 Å². The zero-order valence-electron chi connectivity index (χ0n) is 15.0. The van der Waals surface area contributed by atoms with Gasteiger partial charge in [0.25, 0.3) is 0 Å². The number of nitrogens with zero attached hydrogens (tertiary/aromatic N) is 1. The summed E-state index contributed by atoms with van der Waals surface area (Å²) >= 11 is 0. The number of rotatable bonds is 5. The highest BCUT2D eigenvalue weighted by Crippen LogP contribution is 2.27. The molecule has 1 aliphatic carbocycles. The normalized spacial score (nSPS) is 15.7. The summed E-state index contributed by atoms with van der Waals surface area (Å²) in [5.41, 5.74) is 7.30. The average molecular weight is 333 g/mol. The Morgan fingerprint density at radius 1 is 1.08 bits per heavy atom. The molecule has 1 aliphatic rings. The number of benzene rings is 2. The summed E-state index contributed by atoms with van der Waals surface area (Å²) < 4.78 is 0. The third kappa shape index (κ3) is 3.77. The Labute approximate surface area is 149 Å². The highest BCUT2D eigenvalue weighted by molar-refractivity contribution is 5.83. The first-order valence-electron chi connectivity index (χ1n) is 9.53. The minimum atomic E-state index is 0.886. The lowest BCUT2D eigenvalue weighted by Crippen LogP contribution is -2.24. The van der Waals surface area contributed by atoms with Crippen LogP contribution in [0.1, 0.15) is 43.2 Å². The van der Waals surface area contributed by atoms with Crippen LogP contribution in [0.15, 0.2) is 42.7 Å². The molecule has 0 spiro atoms. The highest BCUT2D eigenvalue weighted by Gasteiger charge is 2.12. The Bertz CT molecular complexity index is 826. The molecule has 2 N–H and O–H groups in total. The molecule has 0 radical (unpaired) electrons. The number of nitrogens with one attached hydrogen (secondary N) is 2. The van der Waals surface area contributed by atoms with E-state index in [1.807, 2.05) is 0 Å². The van der Waals surface area contributed by atoms with Crippen molar-refractivity contribution in [3.05, 3.63) is 53.9 Å². The largest absolute Gasteiger partial charge is 0.345 e. The molecule has 3 aromatic rings. The van der Waals surface area contributed by atoms with Gasteiger partial charge in [-0.1, -0.05) is 43.5 Å². The minimum Gasteiger partial charge on any atom is -0.345 e. The number of fused-ring (bicyclic) bond motifs is 1. The molecule has 1 aromatic heterocycles. The van der Waals surface area contributed by atoms with Crippen LogP contribution in [0.5, 0.6) is 0 Å². The maximum Gasteiger partial charge on any atom is 0.0931 e. The predicted octanol–water partition coefficient (Wildman–Crippen LogP) is 5.21. The maximum atomic E-state index is 4.34. The molecule has 2 aromatic carbocycles. The topological polar surface area (TPSA) is 40.7 Å². The lowest BCUT2D eigenvalue weighted by atomic mass is 9.89. The van der Waals surface area contributed by atoms with Crippen LogP contribution in [0.2, 0.25) is 0 Å². The monoisotopic (exact) mass is 333 g/mol. The van der Waals surface area contributed by atoms with Crippen molar-refractivity contribution in [2.45, 2.75) is 45.6 Å². The first kappa shape index (κ1) is 16.3. The smallest absolute Gasteiger partial charge is 0.0931 e. The van der Waals surface area contributed by atoms with Gasteiger partial charge in [0.1, 0.15) is 0 Å². The molecule has 1 fully saturated rings. The van der Waals surface area contributed by atoms with Gasteiger partial charge in [0.15, 0.2) is 0 Å². The molecule has 4 rings (SSSR count). The van der Waals surface area contributed by atoms with Gasteiger partial charge in [-0.2, -0.15) is 0 Å². The molecule has 3 nitrogen and oxygen atoms in total. The summed E-state index contributed by atoms with van der Waals surface area (Å²) in [5.74, 6) is 0.886. The van der Waals surface area contributed by atoms with E-state index in [1.165, 1.54) is 54.4 Å². The first-order valence-corrected chi connectivity index (χ1v) is 9.53. The number of aromatic amines is 1. The van der Waals surface area contributed by atoms with E-state index in [0.717, 1.165) is 30.0 Å². The number of aryl methyl sites for hydroxylation is 1. The lowest BCUT2D eigenvalue weighted by molar-refractivity contribution is 0.342. The molecule has 0 atom stereocenters. The van der Waals surface area contributed by atoms with E-state index in [1.54, 1.807) is 6.33 Å². The van der Waals surface area contributed by atoms with Crippen molar-refractivity contribution in [1.82, 2.24) is 15.3 Å². The fraction of sp³-hybridized carbons (Fsp3) is 0.409. The van der Waals surface area contributed by atoms with Crippen LogP contribution in [-0.2, 0) is 6.54 Å². The second kappa shape index (κ2) is 7.40. The summed E-state index contributed by atoms with van der Waals surface area (Å²) in [6.07, 6.45) is 8.83. The van der Waals surface area contributed by atoms with Crippen LogP contribution in [0.4, 0.5) is 0 Å². The van der Waals surface area contributed by atoms with E-state index in [-0.39, 0.29) is 0 Å². The molecule has 0 bridgehead atoms. The SMILES string of the molecule is Cc1cc2nc[nH]c2cc1-c1ccc(CNCC2CCCCC2)cc1. The van der Waals surface area contributed by atoms with Crippen molar-refractivity contribution in [3.8, 4) is 11.1 Å². The van der Waals surface area contributed by atoms with E-state index < -0.39 is 0 Å². The summed E-state index contributed by atoms with van der Waals surface area (Å²) in [4.78, 5) is 7.54. The molecule has 1 saturated carbocycles. The Morgan fingerprint density at radius 2 is 1.88 bits per heavy atom. The van der Waals surface area contributed by atoms with Gasteiger partial charge in [0, 0.05) is 6.54 Å². The minimum absolute atomic E-state index is 0.886. The molecule has 0 unspecified atom stereocenters. The Morgan fingerprint density at radius 3 is 2.68 bits per heavy atom. The second-order valence-corrected chi connectivity index (χ2v) is 7.42. The van der Waals surface area contributed by atoms with Crippen molar-refractivity contribution in [1.29, 1.82) is 0 Å². The van der Waals surface area contributed by atoms with Crippen molar-refractivity contribution in [3.63, 3.8) is 0 Å². The van der Waals surface area contributed by atoms with E-state index in [4.69, 9.17) is 0 Å². The molecule has 1 heterocycles. The van der Waals surface area contributed by atoms with Crippen LogP contribution < -0.4 is 5.32 Å². The Balaban J connectivity index is 1.41. The van der Waals surface area contributed by atoms with E-state index in [0.29, 0.717) is 0 Å². The number of H-pyrrole nitrogens is 1. The Kier molecular flexibility index (Phi) is 4.84. The quantitative estimate of drug-likeness (QED) is 0.673. The van der Waals surface area contributed by atoms with Gasteiger partial charge in [-0.25, -0.2) is 4.98 Å². The zero-order valence-corrected chi connectivity index (χ0v) is 15.0. The maximum absolute atomic E-state index is 4.34. The van der Waals surface area contributed by atoms with Crippen molar-refractivity contribution >= 4 is 11.0 Å². The zero-order chi connectivity index (χ0) is 17.1. The molecule has 25 heavy (non-hydrogen) atoms. The number of aromatic nitrogens is 2. The first-order chi connectivity index (χ1) is 12.3. The third-order valence-electron chi connectivity index (χ3n) is 5.52. The fourth-order valence-corrected chi connectivity index (χ4v) is 4.01. The summed E-state index contributed by atoms with van der Waals surface area (Å²) in [6.45, 7) is 4.29. The van der Waals surface area contributed by atoms with Crippen LogP contribution in [0.3, 0.4) is 0 Å². The van der Waals surface area contributed by atoms with Gasteiger partial charge in [0.05, 0.1) is 17.4 Å². The average Bonchev–Trinajstić information content (AvgIpc) is 3.10. The van der Waals surface area contributed by atoms with Gasteiger partial charge in [-0.3, -0.25) is 0 Å². The van der Waals surface area contributed by atoms with Crippen molar-refractivity contribution in [2.75, 3.05) is 6.54 Å². The summed E-state index contributed by atoms with van der Waals surface area (Å²) in [7, 11) is 0. The van der Waals surface area contributed by atoms with Crippen molar-refractivity contribution < 1.29 is 0 Å². The van der Waals surface area contributed by atoms with Crippen LogP contribution in [0, 0.1) is 12.8 Å². The molecule has 0 saturated heterocycles. The molecular formula is C22H27N3. The van der Waals surface area contributed by atoms with E-state index in [2.05, 4.69) is 58.6 Å². The van der Waals surface area contributed by atoms with Gasteiger partial charge in [0.2, 0.25) is 0 Å². The summed E-state index contributed by atoms with van der Waals surface area (Å²) in [6, 6.07) is 13.3. The van der Waals surface area contributed by atoms with Gasteiger partial charge in [-0.15, -0.1) is 0 Å². The van der Waals surface area contributed by atoms with E-state index >= 15 is 0 Å². The van der Waals surface area contributed by atoms with Crippen molar-refractivity contribution in [2.24, 2.45) is 5.92 Å². The van der Waals surface area contributed by atoms with Crippen LogP contribution >= 0.6 is 0 Å². The Hall–Kier alpha value is -2.13. The number of hydrogen-bond donors (Lipinski definition) is 2. The molecule has 0 amide bonds. The molecule has 3 heteroatoms. The summed E-state index contributed by atoms with van der Waals surface area (Å²) in [5, 5.41) is 3.65. The molecule has 0 aliphatic heterocycles. The van der Waals surface area contributed by atoms with Crippen LogP contribution in [-0.4, -0.2) is 16.5 Å². The molecular weight excluding hydrogens is 306 g/mol. The van der Waals surface area contributed by atoms with Crippen LogP contribution in [0.25, 0.3) is 22.2 Å². The fourth-order valence-electron chi connectivity index (χ4n) is 4.01. The standard InChI is InChI=1S/C22H27N3/c1-16-11-21-22(25-15-24-21)12-20(16)19-9-7-18(8-10-19)14-23-13-17-5-3-2-4-6-17/h7-12,15,17,23H,2-6,13-14H2,1H3,(H,24,25). The number of imidazole rings is 1. The highest BCUT2D eigenvalue weighted by atomic mass is 14.9.